The molecule has 6 nitrogen and oxygen atoms in total. The minimum atomic E-state index is -2.24. The van der Waals surface area contributed by atoms with Gasteiger partial charge in [-0.05, 0) is 42.2 Å². The van der Waals surface area contributed by atoms with Crippen LogP contribution in [0.4, 0.5) is 0 Å². The lowest BCUT2D eigenvalue weighted by atomic mass is 10.1. The molecule has 3 aromatic rings. The average Bonchev–Trinajstić information content (AvgIpc) is 2.98. The number of hydrogen-bond donors (Lipinski definition) is 1. The van der Waals surface area contributed by atoms with E-state index in [1.165, 1.54) is 5.56 Å². The van der Waals surface area contributed by atoms with Crippen LogP contribution in [-0.4, -0.2) is 17.1 Å². The number of nitrogens with zero attached hydrogens (tertiary/aromatic N) is 1. The Morgan fingerprint density at radius 3 is 2.55 bits per heavy atom. The first kappa shape index (κ1) is 21.0. The number of nitrogens with two attached hydrogens (primary N) is 1. The SMILES string of the molecule is CCCO[P+](=O)Oc1ccc2c(c1)c(CC(N)=O)c(CC)n2Cc1ccccc1. The van der Waals surface area contributed by atoms with Crippen LogP contribution in [-0.2, 0) is 33.3 Å². The van der Waals surface area contributed by atoms with Crippen LogP contribution in [0.25, 0.3) is 10.9 Å². The molecule has 3 rings (SSSR count). The highest BCUT2D eigenvalue weighted by atomic mass is 31.1. The monoisotopic (exact) mass is 413 g/mol. The maximum absolute atomic E-state index is 12.0. The summed E-state index contributed by atoms with van der Waals surface area (Å²) in [6.07, 6.45) is 1.66. The lowest BCUT2D eigenvalue weighted by Crippen LogP contribution is -2.15. The zero-order valence-corrected chi connectivity index (χ0v) is 17.7. The molecule has 29 heavy (non-hydrogen) atoms. The highest BCUT2D eigenvalue weighted by molar-refractivity contribution is 7.33. The molecule has 0 aliphatic heterocycles. The van der Waals surface area contributed by atoms with Crippen molar-refractivity contribution < 1.29 is 18.4 Å². The van der Waals surface area contributed by atoms with Crippen LogP contribution in [0, 0.1) is 0 Å². The van der Waals surface area contributed by atoms with Crippen molar-refractivity contribution in [1.29, 1.82) is 0 Å². The molecule has 0 fully saturated rings. The highest BCUT2D eigenvalue weighted by Crippen LogP contribution is 2.35. The van der Waals surface area contributed by atoms with Crippen molar-refractivity contribution in [2.24, 2.45) is 5.73 Å². The number of primary amides is 1. The van der Waals surface area contributed by atoms with Crippen molar-refractivity contribution in [3.63, 3.8) is 0 Å². The molecular weight excluding hydrogens is 387 g/mol. The van der Waals surface area contributed by atoms with Crippen LogP contribution >= 0.6 is 8.25 Å². The normalized spacial score (nSPS) is 11.6. The maximum atomic E-state index is 12.0. The van der Waals surface area contributed by atoms with Crippen LogP contribution in [0.5, 0.6) is 5.75 Å². The predicted molar refractivity (Wildman–Crippen MR) is 114 cm³/mol. The van der Waals surface area contributed by atoms with Gasteiger partial charge < -0.3 is 10.3 Å². The van der Waals surface area contributed by atoms with E-state index in [0.717, 1.165) is 35.0 Å². The molecule has 0 aliphatic carbocycles. The van der Waals surface area contributed by atoms with Gasteiger partial charge in [0.05, 0.1) is 6.42 Å². The predicted octanol–water partition coefficient (Wildman–Crippen LogP) is 4.74. The summed E-state index contributed by atoms with van der Waals surface area (Å²) < 4.78 is 24.8. The van der Waals surface area contributed by atoms with E-state index >= 15 is 0 Å². The summed E-state index contributed by atoms with van der Waals surface area (Å²) in [6, 6.07) is 15.7. The van der Waals surface area contributed by atoms with E-state index in [1.807, 2.05) is 37.3 Å². The van der Waals surface area contributed by atoms with Crippen molar-refractivity contribution in [3.8, 4) is 5.75 Å². The number of hydrogen-bond acceptors (Lipinski definition) is 4. The van der Waals surface area contributed by atoms with Crippen LogP contribution in [0.15, 0.2) is 48.5 Å². The fourth-order valence-corrected chi connectivity index (χ4v) is 4.18. The van der Waals surface area contributed by atoms with Crippen molar-refractivity contribution in [2.75, 3.05) is 6.61 Å². The van der Waals surface area contributed by atoms with Gasteiger partial charge in [-0.2, -0.15) is 0 Å². The average molecular weight is 413 g/mol. The van der Waals surface area contributed by atoms with Crippen LogP contribution < -0.4 is 10.3 Å². The van der Waals surface area contributed by atoms with E-state index in [4.69, 9.17) is 14.8 Å². The summed E-state index contributed by atoms with van der Waals surface area (Å²) in [5.41, 5.74) is 9.63. The Morgan fingerprint density at radius 2 is 1.90 bits per heavy atom. The van der Waals surface area contributed by atoms with E-state index < -0.39 is 8.25 Å². The third kappa shape index (κ3) is 5.03. The number of carbonyl (C=O) groups is 1. The Morgan fingerprint density at radius 1 is 1.14 bits per heavy atom. The number of rotatable bonds is 10. The molecule has 0 spiro atoms. The number of aromatic nitrogens is 1. The second-order valence-corrected chi connectivity index (χ2v) is 7.71. The van der Waals surface area contributed by atoms with E-state index in [1.54, 1.807) is 6.07 Å². The number of fused-ring (bicyclic) bond motifs is 1. The first-order valence-electron chi connectivity index (χ1n) is 9.77. The summed E-state index contributed by atoms with van der Waals surface area (Å²) in [5.74, 6) is 0.0575. The standard InChI is InChI=1S/C22H25N2O4P/c1-3-12-27-29(26)28-17-10-11-21-18(13-17)19(14-22(23)25)20(4-2)24(21)15-16-8-6-5-7-9-16/h5-11,13H,3-4,12,14-15H2,1-2H3,(H-,23,25)/p+1. The Balaban J connectivity index is 2.05. The maximum Gasteiger partial charge on any atom is 0.750 e. The van der Waals surface area contributed by atoms with E-state index in [0.29, 0.717) is 18.9 Å². The molecule has 0 aliphatic rings. The molecule has 0 saturated carbocycles. The number of carbonyl (C=O) groups excluding carboxylic acids is 1. The highest BCUT2D eigenvalue weighted by Gasteiger charge is 2.24. The molecule has 2 aromatic carbocycles. The Bertz CT molecular complexity index is 1010. The van der Waals surface area contributed by atoms with Crippen LogP contribution in [0.2, 0.25) is 0 Å². The second-order valence-electron chi connectivity index (χ2n) is 6.82. The Kier molecular flexibility index (Phi) is 7.02. The summed E-state index contributed by atoms with van der Waals surface area (Å²) in [7, 11) is -2.24. The molecule has 1 heterocycles. The number of benzene rings is 2. The molecule has 7 heteroatoms. The summed E-state index contributed by atoms with van der Waals surface area (Å²) in [6.45, 7) is 5.06. The minimum Gasteiger partial charge on any atom is -0.369 e. The zero-order valence-electron chi connectivity index (χ0n) is 16.8. The smallest absolute Gasteiger partial charge is 0.369 e. The van der Waals surface area contributed by atoms with Gasteiger partial charge in [0.1, 0.15) is 6.61 Å². The van der Waals surface area contributed by atoms with Crippen molar-refractivity contribution >= 4 is 25.1 Å². The lowest BCUT2D eigenvalue weighted by Gasteiger charge is -2.11. The first-order chi connectivity index (χ1) is 14.0. The molecule has 1 aromatic heterocycles. The van der Waals surface area contributed by atoms with E-state index in [2.05, 4.69) is 23.6 Å². The van der Waals surface area contributed by atoms with E-state index in [9.17, 15) is 9.36 Å². The van der Waals surface area contributed by atoms with Gasteiger partial charge in [0.15, 0.2) is 5.75 Å². The van der Waals surface area contributed by atoms with Gasteiger partial charge in [0, 0.05) is 27.7 Å². The van der Waals surface area contributed by atoms with Crippen molar-refractivity contribution in [2.45, 2.75) is 39.7 Å². The Labute approximate surface area is 171 Å². The number of amides is 1. The van der Waals surface area contributed by atoms with Gasteiger partial charge in [-0.25, -0.2) is 4.52 Å². The summed E-state index contributed by atoms with van der Waals surface area (Å²) in [4.78, 5) is 11.7. The molecule has 0 bridgehead atoms. The van der Waals surface area contributed by atoms with Gasteiger partial charge in [-0.1, -0.05) is 44.2 Å². The molecule has 1 atom stereocenters. The molecule has 1 unspecified atom stereocenters. The van der Waals surface area contributed by atoms with E-state index in [-0.39, 0.29) is 12.3 Å². The van der Waals surface area contributed by atoms with Crippen molar-refractivity contribution in [3.05, 3.63) is 65.4 Å². The third-order valence-corrected chi connectivity index (χ3v) is 5.46. The van der Waals surface area contributed by atoms with Gasteiger partial charge in [-0.15, -0.1) is 4.52 Å². The van der Waals surface area contributed by atoms with Gasteiger partial charge in [-0.3, -0.25) is 4.79 Å². The lowest BCUT2D eigenvalue weighted by molar-refractivity contribution is -0.117. The molecule has 2 N–H and O–H groups in total. The molecule has 0 radical (unpaired) electrons. The van der Waals surface area contributed by atoms with Crippen LogP contribution in [0.3, 0.4) is 0 Å². The molecule has 152 valence electrons. The van der Waals surface area contributed by atoms with Gasteiger partial charge >= 0.3 is 8.25 Å². The Hall–Kier alpha value is -2.69. The minimum absolute atomic E-state index is 0.142. The van der Waals surface area contributed by atoms with Crippen molar-refractivity contribution in [1.82, 2.24) is 4.57 Å². The fraction of sp³-hybridized carbons (Fsp3) is 0.318. The molecular formula is C22H26N2O4P+. The molecule has 0 saturated heterocycles. The van der Waals surface area contributed by atoms with Crippen LogP contribution in [0.1, 0.15) is 37.1 Å². The third-order valence-electron chi connectivity index (χ3n) is 4.71. The summed E-state index contributed by atoms with van der Waals surface area (Å²) >= 11 is 0. The fourth-order valence-electron chi connectivity index (χ4n) is 3.51. The largest absolute Gasteiger partial charge is 0.750 e. The topological polar surface area (TPSA) is 83.6 Å². The van der Waals surface area contributed by atoms with Gasteiger partial charge in [0.25, 0.3) is 0 Å². The first-order valence-corrected chi connectivity index (χ1v) is 10.9. The zero-order chi connectivity index (χ0) is 20.8. The summed E-state index contributed by atoms with van der Waals surface area (Å²) in [5, 5.41) is 0.882. The quantitative estimate of drug-likeness (QED) is 0.487. The second kappa shape index (κ2) is 9.68. The van der Waals surface area contributed by atoms with Gasteiger partial charge in [0.2, 0.25) is 5.91 Å². The molecule has 1 amide bonds.